The van der Waals surface area contributed by atoms with Crippen LogP contribution in [0.5, 0.6) is 0 Å². The molecule has 0 bridgehead atoms. The van der Waals surface area contributed by atoms with Gasteiger partial charge in [-0.3, -0.25) is 4.72 Å². The van der Waals surface area contributed by atoms with Crippen molar-refractivity contribution in [3.63, 3.8) is 0 Å². The summed E-state index contributed by atoms with van der Waals surface area (Å²) in [5.41, 5.74) is 0.747. The van der Waals surface area contributed by atoms with Crippen molar-refractivity contribution in [1.82, 2.24) is 4.31 Å². The van der Waals surface area contributed by atoms with Crippen LogP contribution in [0.2, 0.25) is 0 Å². The first-order valence-electron chi connectivity index (χ1n) is 4.29. The molecule has 0 unspecified atom stereocenters. The van der Waals surface area contributed by atoms with Gasteiger partial charge in [-0.15, -0.1) is 0 Å². The van der Waals surface area contributed by atoms with Gasteiger partial charge in [0.2, 0.25) is 0 Å². The zero-order valence-corrected chi connectivity index (χ0v) is 9.60. The molecule has 0 saturated heterocycles. The molecule has 0 atom stereocenters. The Labute approximate surface area is 88.9 Å². The highest BCUT2D eigenvalue weighted by molar-refractivity contribution is 7.90. The van der Waals surface area contributed by atoms with Gasteiger partial charge in [-0.1, -0.05) is 0 Å². The Kier molecular flexibility index (Phi) is 3.31. The van der Waals surface area contributed by atoms with Crippen molar-refractivity contribution in [2.24, 2.45) is 0 Å². The number of rotatable bonds is 3. The summed E-state index contributed by atoms with van der Waals surface area (Å²) in [4.78, 5) is 0. The normalized spacial score (nSPS) is 11.8. The maximum absolute atomic E-state index is 12.9. The molecule has 15 heavy (non-hydrogen) atoms. The van der Waals surface area contributed by atoms with Gasteiger partial charge in [0.1, 0.15) is 5.82 Å². The molecule has 0 aliphatic heterocycles. The van der Waals surface area contributed by atoms with Crippen LogP contribution in [-0.2, 0) is 10.2 Å². The standard InChI is InChI=1S/C9H13FN2O2S/c1-7-6-8(4-5-9(7)10)11-15(13,14)12(2)3/h4-6,11H,1-3H3. The molecule has 0 radical (unpaired) electrons. The number of nitrogens with zero attached hydrogens (tertiary/aromatic N) is 1. The van der Waals surface area contributed by atoms with Crippen molar-refractivity contribution in [2.75, 3.05) is 18.8 Å². The van der Waals surface area contributed by atoms with Crippen LogP contribution in [-0.4, -0.2) is 26.8 Å². The van der Waals surface area contributed by atoms with Gasteiger partial charge in [-0.05, 0) is 30.7 Å². The number of nitrogens with one attached hydrogen (secondary N) is 1. The number of anilines is 1. The Bertz CT molecular complexity index is 457. The maximum Gasteiger partial charge on any atom is 0.301 e. The fraction of sp³-hybridized carbons (Fsp3) is 0.333. The van der Waals surface area contributed by atoms with E-state index < -0.39 is 10.2 Å². The molecule has 4 nitrogen and oxygen atoms in total. The van der Waals surface area contributed by atoms with Gasteiger partial charge >= 0.3 is 10.2 Å². The molecule has 1 aromatic rings. The number of hydrogen-bond donors (Lipinski definition) is 1. The van der Waals surface area contributed by atoms with E-state index in [4.69, 9.17) is 0 Å². The molecule has 0 heterocycles. The summed E-state index contributed by atoms with van der Waals surface area (Å²) in [7, 11) is -0.689. The monoisotopic (exact) mass is 232 g/mol. The van der Waals surface area contributed by atoms with Gasteiger partial charge < -0.3 is 0 Å². The van der Waals surface area contributed by atoms with Crippen molar-refractivity contribution in [2.45, 2.75) is 6.92 Å². The lowest BCUT2D eigenvalue weighted by Gasteiger charge is -2.13. The predicted molar refractivity (Wildman–Crippen MR) is 57.4 cm³/mol. The molecule has 6 heteroatoms. The molecule has 1 N–H and O–H groups in total. The van der Waals surface area contributed by atoms with Gasteiger partial charge in [-0.2, -0.15) is 12.7 Å². The Hall–Kier alpha value is -1.14. The van der Waals surface area contributed by atoms with Gasteiger partial charge in [0.15, 0.2) is 0 Å². The number of benzene rings is 1. The highest BCUT2D eigenvalue weighted by Gasteiger charge is 2.13. The van der Waals surface area contributed by atoms with Gasteiger partial charge in [0, 0.05) is 14.1 Å². The van der Waals surface area contributed by atoms with Gasteiger partial charge in [0.05, 0.1) is 5.69 Å². The third-order valence-electron chi connectivity index (χ3n) is 1.89. The predicted octanol–water partition coefficient (Wildman–Crippen LogP) is 1.35. The number of halogens is 1. The molecular formula is C9H13FN2O2S. The van der Waals surface area contributed by atoms with E-state index in [0.717, 1.165) is 4.31 Å². The Balaban J connectivity index is 2.96. The van der Waals surface area contributed by atoms with Crippen LogP contribution in [0.1, 0.15) is 5.56 Å². The highest BCUT2D eigenvalue weighted by Crippen LogP contribution is 2.15. The minimum Gasteiger partial charge on any atom is -0.271 e. The van der Waals surface area contributed by atoms with Crippen LogP contribution in [0.15, 0.2) is 18.2 Å². The molecule has 0 amide bonds. The van der Waals surface area contributed by atoms with Crippen LogP contribution < -0.4 is 4.72 Å². The largest absolute Gasteiger partial charge is 0.301 e. The van der Waals surface area contributed by atoms with Crippen molar-refractivity contribution in [3.8, 4) is 0 Å². The zero-order valence-electron chi connectivity index (χ0n) is 8.78. The molecular weight excluding hydrogens is 219 g/mol. The summed E-state index contributed by atoms with van der Waals surface area (Å²) in [5.74, 6) is -0.359. The maximum atomic E-state index is 12.9. The van der Waals surface area contributed by atoms with E-state index in [0.29, 0.717) is 11.3 Å². The van der Waals surface area contributed by atoms with Crippen LogP contribution in [0.4, 0.5) is 10.1 Å². The third-order valence-corrected chi connectivity index (χ3v) is 3.34. The molecule has 1 rings (SSSR count). The van der Waals surface area contributed by atoms with Crippen LogP contribution in [0, 0.1) is 12.7 Å². The number of hydrogen-bond acceptors (Lipinski definition) is 2. The summed E-state index contributed by atoms with van der Waals surface area (Å²) in [6.07, 6.45) is 0. The molecule has 0 aromatic heterocycles. The molecule has 0 saturated carbocycles. The second-order valence-corrected chi connectivity index (χ2v) is 5.24. The second kappa shape index (κ2) is 4.16. The Morgan fingerprint density at radius 2 is 1.93 bits per heavy atom. The van der Waals surface area contributed by atoms with Crippen molar-refractivity contribution in [1.29, 1.82) is 0 Å². The lowest BCUT2D eigenvalue weighted by molar-refractivity contribution is 0.526. The molecule has 0 spiro atoms. The Morgan fingerprint density at radius 1 is 1.33 bits per heavy atom. The summed E-state index contributed by atoms with van der Waals surface area (Å²) < 4.78 is 39.1. The first kappa shape index (κ1) is 11.9. The van der Waals surface area contributed by atoms with Crippen molar-refractivity contribution in [3.05, 3.63) is 29.6 Å². The van der Waals surface area contributed by atoms with E-state index in [1.165, 1.54) is 32.3 Å². The SMILES string of the molecule is Cc1cc(NS(=O)(=O)N(C)C)ccc1F. The Morgan fingerprint density at radius 3 is 2.40 bits per heavy atom. The first-order chi connectivity index (χ1) is 6.83. The van der Waals surface area contributed by atoms with Crippen LogP contribution >= 0.6 is 0 Å². The quantitative estimate of drug-likeness (QED) is 0.855. The average molecular weight is 232 g/mol. The minimum absolute atomic E-state index is 0.350. The van der Waals surface area contributed by atoms with E-state index >= 15 is 0 Å². The first-order valence-corrected chi connectivity index (χ1v) is 5.73. The van der Waals surface area contributed by atoms with Gasteiger partial charge in [-0.25, -0.2) is 4.39 Å². The average Bonchev–Trinajstić information content (AvgIpc) is 2.10. The molecule has 0 fully saturated rings. The summed E-state index contributed by atoms with van der Waals surface area (Å²) in [6.45, 7) is 1.57. The second-order valence-electron chi connectivity index (χ2n) is 3.35. The van der Waals surface area contributed by atoms with Crippen LogP contribution in [0.25, 0.3) is 0 Å². The van der Waals surface area contributed by atoms with Crippen molar-refractivity contribution < 1.29 is 12.8 Å². The topological polar surface area (TPSA) is 49.4 Å². The summed E-state index contributed by atoms with van der Waals surface area (Å²) in [5, 5.41) is 0. The van der Waals surface area contributed by atoms with E-state index in [2.05, 4.69) is 4.72 Å². The molecule has 1 aromatic carbocycles. The smallest absolute Gasteiger partial charge is 0.271 e. The lowest BCUT2D eigenvalue weighted by atomic mass is 10.2. The highest BCUT2D eigenvalue weighted by atomic mass is 32.2. The van der Waals surface area contributed by atoms with E-state index in [9.17, 15) is 12.8 Å². The third kappa shape index (κ3) is 2.90. The van der Waals surface area contributed by atoms with E-state index in [1.807, 2.05) is 0 Å². The molecule has 0 aliphatic rings. The van der Waals surface area contributed by atoms with E-state index in [1.54, 1.807) is 6.92 Å². The summed E-state index contributed by atoms with van der Waals surface area (Å²) in [6, 6.07) is 4.04. The fourth-order valence-corrected chi connectivity index (χ4v) is 1.56. The van der Waals surface area contributed by atoms with E-state index in [-0.39, 0.29) is 5.82 Å². The molecule has 84 valence electrons. The van der Waals surface area contributed by atoms with Gasteiger partial charge in [0.25, 0.3) is 0 Å². The lowest BCUT2D eigenvalue weighted by Crippen LogP contribution is -2.28. The zero-order chi connectivity index (χ0) is 11.6. The minimum atomic E-state index is -3.52. The molecule has 0 aliphatic carbocycles. The summed E-state index contributed by atoms with van der Waals surface area (Å²) >= 11 is 0. The van der Waals surface area contributed by atoms with Crippen LogP contribution in [0.3, 0.4) is 0 Å². The fourth-order valence-electron chi connectivity index (χ4n) is 0.948. The number of aryl methyl sites for hydroxylation is 1. The van der Waals surface area contributed by atoms with Crippen molar-refractivity contribution >= 4 is 15.9 Å².